The van der Waals surface area contributed by atoms with E-state index >= 15 is 0 Å². The van der Waals surface area contributed by atoms with Crippen LogP contribution in [0.1, 0.15) is 29.8 Å². The monoisotopic (exact) mass is 510 g/mol. The van der Waals surface area contributed by atoms with Crippen molar-refractivity contribution in [1.82, 2.24) is 14.9 Å². The Kier molecular flexibility index (Phi) is 8.25. The number of aryl methyl sites for hydroxylation is 2. The number of anilines is 2. The van der Waals surface area contributed by atoms with Gasteiger partial charge in [0.05, 0.1) is 5.02 Å². The molecule has 0 aliphatic carbocycles. The Morgan fingerprint density at radius 3 is 2.40 bits per heavy atom. The Labute approximate surface area is 215 Å². The number of rotatable bonds is 4. The zero-order valence-corrected chi connectivity index (χ0v) is 21.3. The molecule has 2 heterocycles. The summed E-state index contributed by atoms with van der Waals surface area (Å²) >= 11 is 11.4. The van der Waals surface area contributed by atoms with Crippen LogP contribution < -0.4 is 10.6 Å². The highest BCUT2D eigenvalue weighted by molar-refractivity contribution is 7.80. The minimum Gasteiger partial charge on any atom is -0.342 e. The maximum absolute atomic E-state index is 13.5. The van der Waals surface area contributed by atoms with Gasteiger partial charge in [0.1, 0.15) is 5.82 Å². The topological polar surface area (TPSA) is 65.4 Å². The molecule has 0 saturated carbocycles. The molecule has 1 aromatic heterocycles. The molecule has 4 rings (SSSR count). The van der Waals surface area contributed by atoms with Crippen LogP contribution in [-0.2, 0) is 6.42 Å². The van der Waals surface area contributed by atoms with E-state index < -0.39 is 5.82 Å². The molecular formula is C26H28ClFN6S. The summed E-state index contributed by atoms with van der Waals surface area (Å²) in [6.07, 6.45) is 3.15. The molecule has 0 bridgehead atoms. The summed E-state index contributed by atoms with van der Waals surface area (Å²) in [6, 6.07) is 16.8. The van der Waals surface area contributed by atoms with Gasteiger partial charge in [-0.15, -0.1) is 0 Å². The first-order valence-corrected chi connectivity index (χ1v) is 12.4. The van der Waals surface area contributed by atoms with Crippen molar-refractivity contribution in [2.24, 2.45) is 10.9 Å². The number of aromatic nitrogens is 2. The van der Waals surface area contributed by atoms with Crippen molar-refractivity contribution < 1.29 is 4.39 Å². The van der Waals surface area contributed by atoms with E-state index in [1.807, 2.05) is 26.0 Å². The van der Waals surface area contributed by atoms with E-state index in [0.29, 0.717) is 23.5 Å². The van der Waals surface area contributed by atoms with Crippen molar-refractivity contribution in [1.29, 1.82) is 0 Å². The average molecular weight is 511 g/mol. The van der Waals surface area contributed by atoms with E-state index in [1.54, 1.807) is 6.07 Å². The standard InChI is InChI=1S/C26H28ClFN6S/c1-17-14-18(2)30-24(29-17)32-25(33-26(35)31-21-8-9-23(28)22(27)16-21)34-12-10-20(11-13-34)15-19-6-4-3-5-7-19/h3-9,14,16,20H,10-13,15H2,1-2H3,(H2,29,30,31,32,33,35). The fourth-order valence-electron chi connectivity index (χ4n) is 4.18. The quantitative estimate of drug-likeness (QED) is 0.255. The van der Waals surface area contributed by atoms with Crippen molar-refractivity contribution in [3.8, 4) is 0 Å². The molecule has 0 amide bonds. The molecule has 1 fully saturated rings. The van der Waals surface area contributed by atoms with Gasteiger partial charge in [0, 0.05) is 30.2 Å². The minimum absolute atomic E-state index is 0.0178. The van der Waals surface area contributed by atoms with E-state index in [4.69, 9.17) is 23.8 Å². The van der Waals surface area contributed by atoms with Gasteiger partial charge >= 0.3 is 0 Å². The van der Waals surface area contributed by atoms with E-state index in [2.05, 4.69) is 54.8 Å². The number of hydrogen-bond donors (Lipinski definition) is 2. The maximum Gasteiger partial charge on any atom is 0.229 e. The molecule has 1 aliphatic heterocycles. The third kappa shape index (κ3) is 7.19. The Morgan fingerprint density at radius 2 is 1.74 bits per heavy atom. The van der Waals surface area contributed by atoms with Crippen LogP contribution in [0.25, 0.3) is 0 Å². The number of nitrogens with zero attached hydrogens (tertiary/aromatic N) is 4. The number of halogens is 2. The predicted octanol–water partition coefficient (Wildman–Crippen LogP) is 6.01. The molecule has 0 spiro atoms. The van der Waals surface area contributed by atoms with Gasteiger partial charge in [-0.1, -0.05) is 41.9 Å². The molecule has 182 valence electrons. The first kappa shape index (κ1) is 25.0. The summed E-state index contributed by atoms with van der Waals surface area (Å²) in [7, 11) is 0. The first-order valence-electron chi connectivity index (χ1n) is 11.6. The van der Waals surface area contributed by atoms with Crippen molar-refractivity contribution in [3.63, 3.8) is 0 Å². The van der Waals surface area contributed by atoms with Crippen molar-refractivity contribution in [2.45, 2.75) is 33.1 Å². The van der Waals surface area contributed by atoms with Gasteiger partial charge in [-0.2, -0.15) is 4.99 Å². The molecule has 2 N–H and O–H groups in total. The van der Waals surface area contributed by atoms with Crippen LogP contribution in [0.4, 0.5) is 16.0 Å². The van der Waals surface area contributed by atoms with Crippen LogP contribution in [-0.4, -0.2) is 39.0 Å². The van der Waals surface area contributed by atoms with Crippen molar-refractivity contribution >= 4 is 46.5 Å². The largest absolute Gasteiger partial charge is 0.342 e. The molecule has 3 aromatic rings. The highest BCUT2D eigenvalue weighted by Crippen LogP contribution is 2.23. The maximum atomic E-state index is 13.5. The van der Waals surface area contributed by atoms with Gasteiger partial charge in [0.2, 0.25) is 17.0 Å². The second-order valence-electron chi connectivity index (χ2n) is 8.71. The fraction of sp³-hybridized carbons (Fsp3) is 0.308. The molecule has 0 unspecified atom stereocenters. The Balaban J connectivity index is 1.49. The van der Waals surface area contributed by atoms with E-state index in [0.717, 1.165) is 43.7 Å². The van der Waals surface area contributed by atoms with E-state index in [-0.39, 0.29) is 10.1 Å². The molecule has 6 nitrogen and oxygen atoms in total. The van der Waals surface area contributed by atoms with Crippen LogP contribution in [0, 0.1) is 25.6 Å². The Bertz CT molecular complexity index is 1190. The molecule has 9 heteroatoms. The van der Waals surface area contributed by atoms with E-state index in [1.165, 1.54) is 17.7 Å². The van der Waals surface area contributed by atoms with Gasteiger partial charge in [0.25, 0.3) is 0 Å². The van der Waals surface area contributed by atoms with Crippen LogP contribution in [0.5, 0.6) is 0 Å². The number of benzene rings is 2. The van der Waals surface area contributed by atoms with Gasteiger partial charge in [-0.3, -0.25) is 5.32 Å². The molecule has 0 atom stereocenters. The predicted molar refractivity (Wildman–Crippen MR) is 145 cm³/mol. The lowest BCUT2D eigenvalue weighted by atomic mass is 9.90. The fourth-order valence-corrected chi connectivity index (χ4v) is 4.56. The van der Waals surface area contributed by atoms with E-state index in [9.17, 15) is 4.39 Å². The average Bonchev–Trinajstić information content (AvgIpc) is 2.82. The molecule has 2 aromatic carbocycles. The third-order valence-electron chi connectivity index (χ3n) is 5.87. The number of aliphatic imine (C=N–C) groups is 1. The van der Waals surface area contributed by atoms with Gasteiger partial charge in [0.15, 0.2) is 0 Å². The lowest BCUT2D eigenvalue weighted by Crippen LogP contribution is -2.43. The van der Waals surface area contributed by atoms with Crippen LogP contribution >= 0.6 is 23.8 Å². The summed E-state index contributed by atoms with van der Waals surface area (Å²) in [6.45, 7) is 5.52. The second-order valence-corrected chi connectivity index (χ2v) is 9.51. The van der Waals surface area contributed by atoms with Gasteiger partial charge in [-0.05, 0) is 81.1 Å². The number of nitrogens with one attached hydrogen (secondary N) is 2. The molecule has 0 radical (unpaired) electrons. The van der Waals surface area contributed by atoms with Gasteiger partial charge < -0.3 is 10.2 Å². The smallest absolute Gasteiger partial charge is 0.229 e. The highest BCUT2D eigenvalue weighted by atomic mass is 35.5. The summed E-state index contributed by atoms with van der Waals surface area (Å²) < 4.78 is 13.5. The first-order chi connectivity index (χ1) is 16.9. The summed E-state index contributed by atoms with van der Waals surface area (Å²) in [5.74, 6) is 1.18. The second kappa shape index (κ2) is 11.6. The summed E-state index contributed by atoms with van der Waals surface area (Å²) in [5.41, 5.74) is 3.66. The minimum atomic E-state index is -0.487. The number of hydrogen-bond acceptors (Lipinski definition) is 3. The Hall–Kier alpha value is -3.10. The highest BCUT2D eigenvalue weighted by Gasteiger charge is 2.23. The van der Waals surface area contributed by atoms with Crippen molar-refractivity contribution in [3.05, 3.63) is 82.4 Å². The summed E-state index contributed by atoms with van der Waals surface area (Å²) in [4.78, 5) is 15.8. The van der Waals surface area contributed by atoms with Crippen LogP contribution in [0.2, 0.25) is 5.02 Å². The van der Waals surface area contributed by atoms with Crippen LogP contribution in [0.3, 0.4) is 0 Å². The zero-order chi connectivity index (χ0) is 24.8. The normalized spacial score (nSPS) is 14.6. The summed E-state index contributed by atoms with van der Waals surface area (Å²) in [5, 5.41) is 6.53. The number of thiocarbonyl (C=S) groups is 1. The lowest BCUT2D eigenvalue weighted by molar-refractivity contribution is 0.265. The lowest BCUT2D eigenvalue weighted by Gasteiger charge is -2.34. The molecule has 35 heavy (non-hydrogen) atoms. The van der Waals surface area contributed by atoms with Crippen LogP contribution in [0.15, 0.2) is 59.6 Å². The number of likely N-dealkylation sites (tertiary alicyclic amines) is 1. The number of guanidine groups is 1. The zero-order valence-electron chi connectivity index (χ0n) is 19.8. The van der Waals surface area contributed by atoms with Crippen molar-refractivity contribution in [2.75, 3.05) is 23.7 Å². The Morgan fingerprint density at radius 1 is 1.06 bits per heavy atom. The molecular weight excluding hydrogens is 483 g/mol. The third-order valence-corrected chi connectivity index (χ3v) is 6.35. The number of piperidine rings is 1. The SMILES string of the molecule is Cc1cc(C)nc(N/C(=N/C(=S)Nc2ccc(F)c(Cl)c2)N2CCC(Cc3ccccc3)CC2)n1. The molecule has 1 saturated heterocycles. The molecule has 1 aliphatic rings. The van der Waals surface area contributed by atoms with Gasteiger partial charge in [-0.25, -0.2) is 14.4 Å².